The molecule has 7 heteroatoms. The number of para-hydroxylation sites is 2. The van der Waals surface area contributed by atoms with Gasteiger partial charge in [-0.2, -0.15) is 0 Å². The van der Waals surface area contributed by atoms with Crippen molar-refractivity contribution in [3.8, 4) is 17.1 Å². The molecule has 1 heterocycles. The first-order chi connectivity index (χ1) is 12.2. The average Bonchev–Trinajstić information content (AvgIpc) is 3.05. The summed E-state index contributed by atoms with van der Waals surface area (Å²) in [5, 5.41) is 21.5. The highest BCUT2D eigenvalue weighted by molar-refractivity contribution is 7.99. The molecule has 0 spiro atoms. The molecule has 1 amide bonds. The Kier molecular flexibility index (Phi) is 5.35. The van der Waals surface area contributed by atoms with Crippen LogP contribution in [0.25, 0.3) is 11.4 Å². The lowest BCUT2D eigenvalue weighted by atomic mass is 10.2. The Morgan fingerprint density at radius 1 is 1.12 bits per heavy atom. The van der Waals surface area contributed by atoms with Crippen molar-refractivity contribution in [3.05, 3.63) is 54.6 Å². The first kappa shape index (κ1) is 17.0. The molecule has 0 bridgehead atoms. The van der Waals surface area contributed by atoms with Gasteiger partial charge in [0.05, 0.1) is 11.4 Å². The number of nitrogens with one attached hydrogen (secondary N) is 1. The van der Waals surface area contributed by atoms with Crippen molar-refractivity contribution >= 4 is 23.4 Å². The number of rotatable bonds is 6. The number of benzene rings is 2. The number of phenolic OH excluding ortho intramolecular Hbond substituents is 1. The lowest BCUT2D eigenvalue weighted by Gasteiger charge is -2.08. The summed E-state index contributed by atoms with van der Waals surface area (Å²) in [6.07, 6.45) is 0. The lowest BCUT2D eigenvalue weighted by molar-refractivity contribution is -0.113. The Hall–Kier alpha value is -2.80. The van der Waals surface area contributed by atoms with E-state index in [1.165, 1.54) is 17.8 Å². The van der Waals surface area contributed by atoms with Gasteiger partial charge in [-0.25, -0.2) is 0 Å². The van der Waals surface area contributed by atoms with Crippen LogP contribution in [-0.2, 0) is 11.3 Å². The Labute approximate surface area is 149 Å². The SMILES string of the molecule is CCn1c(SCC(=O)Nc2ccccc2O)nnc1-c1ccccc1. The van der Waals surface area contributed by atoms with Gasteiger partial charge < -0.3 is 15.0 Å². The number of phenols is 1. The van der Waals surface area contributed by atoms with E-state index in [9.17, 15) is 9.90 Å². The fraction of sp³-hybridized carbons (Fsp3) is 0.167. The topological polar surface area (TPSA) is 80.0 Å². The van der Waals surface area contributed by atoms with E-state index in [0.29, 0.717) is 17.4 Å². The molecule has 0 aliphatic heterocycles. The monoisotopic (exact) mass is 354 g/mol. The summed E-state index contributed by atoms with van der Waals surface area (Å²) in [5.41, 5.74) is 1.39. The molecule has 0 saturated carbocycles. The molecule has 0 fully saturated rings. The average molecular weight is 354 g/mol. The third kappa shape index (κ3) is 4.00. The second kappa shape index (κ2) is 7.85. The van der Waals surface area contributed by atoms with Crippen molar-refractivity contribution in [3.63, 3.8) is 0 Å². The van der Waals surface area contributed by atoms with Crippen LogP contribution in [0.2, 0.25) is 0 Å². The number of thioether (sulfide) groups is 1. The smallest absolute Gasteiger partial charge is 0.234 e. The van der Waals surface area contributed by atoms with Crippen LogP contribution < -0.4 is 5.32 Å². The maximum Gasteiger partial charge on any atom is 0.234 e. The first-order valence-electron chi connectivity index (χ1n) is 7.88. The Morgan fingerprint density at radius 2 is 1.84 bits per heavy atom. The zero-order chi connectivity index (χ0) is 17.6. The van der Waals surface area contributed by atoms with Crippen molar-refractivity contribution in [2.24, 2.45) is 0 Å². The maximum atomic E-state index is 12.1. The van der Waals surface area contributed by atoms with E-state index in [4.69, 9.17) is 0 Å². The van der Waals surface area contributed by atoms with Gasteiger partial charge in [-0.15, -0.1) is 10.2 Å². The minimum Gasteiger partial charge on any atom is -0.506 e. The van der Waals surface area contributed by atoms with E-state index in [1.807, 2.05) is 41.8 Å². The molecule has 3 rings (SSSR count). The van der Waals surface area contributed by atoms with Crippen LogP contribution in [0.15, 0.2) is 59.8 Å². The summed E-state index contributed by atoms with van der Waals surface area (Å²) >= 11 is 1.32. The van der Waals surface area contributed by atoms with Crippen LogP contribution in [0, 0.1) is 0 Å². The van der Waals surface area contributed by atoms with Gasteiger partial charge in [0, 0.05) is 12.1 Å². The zero-order valence-electron chi connectivity index (χ0n) is 13.7. The lowest BCUT2D eigenvalue weighted by Crippen LogP contribution is -2.14. The summed E-state index contributed by atoms with van der Waals surface area (Å²) in [4.78, 5) is 12.1. The van der Waals surface area contributed by atoms with Gasteiger partial charge in [0.1, 0.15) is 5.75 Å². The van der Waals surface area contributed by atoms with Crippen LogP contribution in [0.4, 0.5) is 5.69 Å². The molecule has 2 N–H and O–H groups in total. The zero-order valence-corrected chi connectivity index (χ0v) is 14.5. The number of anilines is 1. The predicted octanol–water partition coefficient (Wildman–Crippen LogP) is 3.40. The molecule has 0 saturated heterocycles. The highest BCUT2D eigenvalue weighted by Crippen LogP contribution is 2.25. The van der Waals surface area contributed by atoms with Gasteiger partial charge >= 0.3 is 0 Å². The van der Waals surface area contributed by atoms with Gasteiger partial charge in [-0.1, -0.05) is 54.2 Å². The molecule has 6 nitrogen and oxygen atoms in total. The largest absolute Gasteiger partial charge is 0.506 e. The van der Waals surface area contributed by atoms with E-state index >= 15 is 0 Å². The summed E-state index contributed by atoms with van der Waals surface area (Å²) in [7, 11) is 0. The predicted molar refractivity (Wildman–Crippen MR) is 98.6 cm³/mol. The van der Waals surface area contributed by atoms with Crippen LogP contribution in [0.5, 0.6) is 5.75 Å². The molecule has 0 atom stereocenters. The molecular weight excluding hydrogens is 336 g/mol. The van der Waals surface area contributed by atoms with Crippen molar-refractivity contribution in [1.29, 1.82) is 0 Å². The van der Waals surface area contributed by atoms with Crippen molar-refractivity contribution < 1.29 is 9.90 Å². The van der Waals surface area contributed by atoms with Crippen molar-refractivity contribution in [2.75, 3.05) is 11.1 Å². The van der Waals surface area contributed by atoms with E-state index in [0.717, 1.165) is 11.4 Å². The molecule has 0 radical (unpaired) electrons. The van der Waals surface area contributed by atoms with Crippen LogP contribution in [0.3, 0.4) is 0 Å². The number of hydrogen-bond acceptors (Lipinski definition) is 5. The summed E-state index contributed by atoms with van der Waals surface area (Å²) < 4.78 is 1.98. The van der Waals surface area contributed by atoms with Gasteiger partial charge in [-0.05, 0) is 19.1 Å². The standard InChI is InChI=1S/C18H18N4O2S/c1-2-22-17(13-8-4-3-5-9-13)20-21-18(22)25-12-16(24)19-14-10-6-7-11-15(14)23/h3-11,23H,2,12H2,1H3,(H,19,24). The number of hydrogen-bond donors (Lipinski definition) is 2. The Morgan fingerprint density at radius 3 is 2.56 bits per heavy atom. The van der Waals surface area contributed by atoms with Crippen LogP contribution in [0.1, 0.15) is 6.92 Å². The quantitative estimate of drug-likeness (QED) is 0.524. The number of carbonyl (C=O) groups excluding carboxylic acids is 1. The summed E-state index contributed by atoms with van der Waals surface area (Å²) in [6.45, 7) is 2.72. The molecule has 0 aliphatic carbocycles. The number of aromatic nitrogens is 3. The maximum absolute atomic E-state index is 12.1. The second-order valence-electron chi connectivity index (χ2n) is 5.27. The van der Waals surface area contributed by atoms with Crippen LogP contribution in [-0.4, -0.2) is 31.5 Å². The van der Waals surface area contributed by atoms with E-state index in [1.54, 1.807) is 18.2 Å². The van der Waals surface area contributed by atoms with Gasteiger partial charge in [0.15, 0.2) is 11.0 Å². The molecule has 25 heavy (non-hydrogen) atoms. The number of carbonyl (C=O) groups is 1. The molecule has 0 aliphatic rings. The highest BCUT2D eigenvalue weighted by Gasteiger charge is 2.14. The van der Waals surface area contributed by atoms with Crippen LogP contribution >= 0.6 is 11.8 Å². The highest BCUT2D eigenvalue weighted by atomic mass is 32.2. The van der Waals surface area contributed by atoms with E-state index < -0.39 is 0 Å². The molecule has 2 aromatic carbocycles. The fourth-order valence-corrected chi connectivity index (χ4v) is 3.18. The van der Waals surface area contributed by atoms with Gasteiger partial charge in [-0.3, -0.25) is 4.79 Å². The first-order valence-corrected chi connectivity index (χ1v) is 8.87. The number of aromatic hydroxyl groups is 1. The number of nitrogens with zero attached hydrogens (tertiary/aromatic N) is 3. The summed E-state index contributed by atoms with van der Waals surface area (Å²) in [6, 6.07) is 16.5. The minimum absolute atomic E-state index is 0.0453. The fourth-order valence-electron chi connectivity index (χ4n) is 2.38. The van der Waals surface area contributed by atoms with Crippen molar-refractivity contribution in [2.45, 2.75) is 18.6 Å². The summed E-state index contributed by atoms with van der Waals surface area (Å²) in [5.74, 6) is 0.801. The second-order valence-corrected chi connectivity index (χ2v) is 6.21. The molecule has 1 aromatic heterocycles. The van der Waals surface area contributed by atoms with E-state index in [2.05, 4.69) is 15.5 Å². The Balaban J connectivity index is 1.68. The Bertz CT molecular complexity index is 865. The van der Waals surface area contributed by atoms with E-state index in [-0.39, 0.29) is 17.4 Å². The number of amides is 1. The van der Waals surface area contributed by atoms with Gasteiger partial charge in [0.25, 0.3) is 0 Å². The third-order valence-corrected chi connectivity index (χ3v) is 4.54. The molecule has 3 aromatic rings. The van der Waals surface area contributed by atoms with Crippen molar-refractivity contribution in [1.82, 2.24) is 14.8 Å². The van der Waals surface area contributed by atoms with Gasteiger partial charge in [0.2, 0.25) is 5.91 Å². The molecule has 128 valence electrons. The minimum atomic E-state index is -0.210. The molecular formula is C18H18N4O2S. The molecule has 0 unspecified atom stereocenters. The third-order valence-electron chi connectivity index (χ3n) is 3.58. The normalized spacial score (nSPS) is 10.6.